The third kappa shape index (κ3) is 5.04. The van der Waals surface area contributed by atoms with Crippen molar-refractivity contribution in [2.45, 2.75) is 39.8 Å². The van der Waals surface area contributed by atoms with Crippen LogP contribution in [0.5, 0.6) is 5.75 Å². The van der Waals surface area contributed by atoms with Crippen LogP contribution in [0.1, 0.15) is 45.9 Å². The molecule has 0 bridgehead atoms. The second-order valence-electron chi connectivity index (χ2n) is 10.1. The van der Waals surface area contributed by atoms with E-state index in [-0.39, 0.29) is 12.1 Å². The zero-order valence-corrected chi connectivity index (χ0v) is 25.0. The molecule has 2 N–H and O–H groups in total. The average molecular weight is 576 g/mol. The summed E-state index contributed by atoms with van der Waals surface area (Å²) in [6, 6.07) is 19.4. The largest absolute Gasteiger partial charge is 0.494 e. The van der Waals surface area contributed by atoms with E-state index in [1.165, 1.54) is 18.2 Å². The summed E-state index contributed by atoms with van der Waals surface area (Å²) < 4.78 is 34.2. The van der Waals surface area contributed by atoms with Crippen LogP contribution in [0.3, 0.4) is 0 Å². The summed E-state index contributed by atoms with van der Waals surface area (Å²) in [5.74, 6) is 0.395. The van der Waals surface area contributed by atoms with E-state index in [0.29, 0.717) is 16.5 Å². The highest BCUT2D eigenvalue weighted by Crippen LogP contribution is 2.45. The SMILES string of the molecule is COc1cc(N2C(=S)NC(c3ccccn3)C2c2cc(C)n(-c3cccc(C)c3C)c2C)ccc1NS(C)(=O)=O. The Morgan fingerprint density at radius 1 is 1.02 bits per heavy atom. The number of ether oxygens (including phenoxy) is 1. The monoisotopic (exact) mass is 575 g/mol. The Hall–Kier alpha value is -3.89. The Kier molecular flexibility index (Phi) is 7.32. The van der Waals surface area contributed by atoms with Crippen molar-refractivity contribution in [3.05, 3.63) is 101 Å². The number of anilines is 2. The van der Waals surface area contributed by atoms with Crippen LogP contribution in [0.4, 0.5) is 11.4 Å². The van der Waals surface area contributed by atoms with Gasteiger partial charge in [-0.25, -0.2) is 8.42 Å². The molecule has 8 nitrogen and oxygen atoms in total. The Balaban J connectivity index is 1.68. The van der Waals surface area contributed by atoms with Crippen LogP contribution in [0.2, 0.25) is 0 Å². The molecule has 1 aliphatic rings. The zero-order valence-electron chi connectivity index (χ0n) is 23.4. The summed E-state index contributed by atoms with van der Waals surface area (Å²) in [6.07, 6.45) is 2.90. The first-order valence-electron chi connectivity index (χ1n) is 12.9. The van der Waals surface area contributed by atoms with Gasteiger partial charge in [0.05, 0.1) is 36.8 Å². The van der Waals surface area contributed by atoms with E-state index >= 15 is 0 Å². The van der Waals surface area contributed by atoms with Gasteiger partial charge in [-0.2, -0.15) is 0 Å². The van der Waals surface area contributed by atoms with Crippen LogP contribution in [-0.2, 0) is 10.0 Å². The molecule has 0 saturated carbocycles. The molecule has 10 heteroatoms. The third-order valence-electron chi connectivity index (χ3n) is 7.46. The second kappa shape index (κ2) is 10.6. The van der Waals surface area contributed by atoms with E-state index in [0.717, 1.165) is 40.3 Å². The van der Waals surface area contributed by atoms with Crippen molar-refractivity contribution in [2.24, 2.45) is 0 Å². The van der Waals surface area contributed by atoms with Crippen LogP contribution in [-0.4, -0.2) is 36.4 Å². The molecule has 0 spiro atoms. The first-order chi connectivity index (χ1) is 19.0. The standard InChI is InChI=1S/C30H33N5O3S2/c1-18-10-9-12-26(20(18)3)34-19(2)16-23(21(34)4)29-28(25-11-7-8-15-31-25)32-30(39)35(29)22-13-14-24(27(17-22)38-5)33-40(6,36)37/h7-17,28-29,33H,1-6H3,(H,32,39). The van der Waals surface area contributed by atoms with Gasteiger partial charge in [0.1, 0.15) is 5.75 Å². The summed E-state index contributed by atoms with van der Waals surface area (Å²) in [5.41, 5.74) is 8.94. The molecule has 4 aromatic rings. The van der Waals surface area contributed by atoms with Crippen molar-refractivity contribution < 1.29 is 13.2 Å². The van der Waals surface area contributed by atoms with Crippen molar-refractivity contribution in [3.8, 4) is 11.4 Å². The van der Waals surface area contributed by atoms with Gasteiger partial charge >= 0.3 is 0 Å². The molecule has 5 rings (SSSR count). The molecule has 1 aliphatic heterocycles. The van der Waals surface area contributed by atoms with Crippen LogP contribution in [0.25, 0.3) is 5.69 Å². The van der Waals surface area contributed by atoms with Crippen LogP contribution >= 0.6 is 12.2 Å². The summed E-state index contributed by atoms with van der Waals surface area (Å²) >= 11 is 5.92. The number of sulfonamides is 1. The summed E-state index contributed by atoms with van der Waals surface area (Å²) in [7, 11) is -1.97. The number of nitrogens with one attached hydrogen (secondary N) is 2. The van der Waals surface area contributed by atoms with Gasteiger partial charge in [-0.3, -0.25) is 9.71 Å². The van der Waals surface area contributed by atoms with Crippen molar-refractivity contribution >= 4 is 38.7 Å². The molecule has 2 aromatic heterocycles. The molecule has 2 aromatic carbocycles. The lowest BCUT2D eigenvalue weighted by Crippen LogP contribution is -2.29. The number of benzene rings is 2. The number of pyridine rings is 1. The summed E-state index contributed by atoms with van der Waals surface area (Å²) in [5, 5.41) is 4.05. The highest BCUT2D eigenvalue weighted by Gasteiger charge is 2.42. The maximum Gasteiger partial charge on any atom is 0.229 e. The molecule has 0 amide bonds. The van der Waals surface area contributed by atoms with Gasteiger partial charge in [-0.05, 0) is 93.0 Å². The molecule has 1 fully saturated rings. The second-order valence-corrected chi connectivity index (χ2v) is 12.3. The van der Waals surface area contributed by atoms with Crippen molar-refractivity contribution in [1.82, 2.24) is 14.9 Å². The average Bonchev–Trinajstić information content (AvgIpc) is 3.40. The zero-order chi connectivity index (χ0) is 28.8. The Morgan fingerprint density at radius 3 is 2.48 bits per heavy atom. The van der Waals surface area contributed by atoms with Gasteiger partial charge in [0, 0.05) is 35.0 Å². The predicted octanol–water partition coefficient (Wildman–Crippen LogP) is 5.66. The van der Waals surface area contributed by atoms with Gasteiger partial charge in [0.2, 0.25) is 10.0 Å². The highest BCUT2D eigenvalue weighted by molar-refractivity contribution is 7.92. The van der Waals surface area contributed by atoms with Gasteiger partial charge in [-0.1, -0.05) is 18.2 Å². The smallest absolute Gasteiger partial charge is 0.229 e. The molecule has 0 aliphatic carbocycles. The van der Waals surface area contributed by atoms with Gasteiger partial charge in [0.25, 0.3) is 0 Å². The maximum absolute atomic E-state index is 11.9. The fourth-order valence-electron chi connectivity index (χ4n) is 5.50. The number of thiocarbonyl (C=S) groups is 1. The minimum atomic E-state index is -3.48. The van der Waals surface area contributed by atoms with E-state index in [1.54, 1.807) is 18.3 Å². The molecule has 0 radical (unpaired) electrons. The Labute approximate surface area is 241 Å². The van der Waals surface area contributed by atoms with Crippen LogP contribution < -0.4 is 19.7 Å². The van der Waals surface area contributed by atoms with Crippen molar-refractivity contribution in [1.29, 1.82) is 0 Å². The third-order valence-corrected chi connectivity index (χ3v) is 8.37. The van der Waals surface area contributed by atoms with Gasteiger partial charge in [-0.15, -0.1) is 0 Å². The summed E-state index contributed by atoms with van der Waals surface area (Å²) in [4.78, 5) is 6.74. The number of methoxy groups -OCH3 is 1. The first kappa shape index (κ1) is 27.7. The first-order valence-corrected chi connectivity index (χ1v) is 15.2. The lowest BCUT2D eigenvalue weighted by molar-refractivity contribution is 0.417. The molecule has 1 saturated heterocycles. The Morgan fingerprint density at radius 2 is 1.80 bits per heavy atom. The van der Waals surface area contributed by atoms with Gasteiger partial charge < -0.3 is 19.5 Å². The quantitative estimate of drug-likeness (QED) is 0.275. The molecule has 3 heterocycles. The minimum absolute atomic E-state index is 0.221. The lowest BCUT2D eigenvalue weighted by Gasteiger charge is -2.29. The molecular formula is C30H33N5O3S2. The normalized spacial score (nSPS) is 17.1. The fraction of sp³-hybridized carbons (Fsp3) is 0.267. The molecule has 2 unspecified atom stereocenters. The molecule has 2 atom stereocenters. The van der Waals surface area contributed by atoms with E-state index < -0.39 is 10.0 Å². The number of hydrogen-bond donors (Lipinski definition) is 2. The predicted molar refractivity (Wildman–Crippen MR) is 164 cm³/mol. The fourth-order valence-corrected chi connectivity index (χ4v) is 6.41. The summed E-state index contributed by atoms with van der Waals surface area (Å²) in [6.45, 7) is 8.53. The number of aryl methyl sites for hydroxylation is 2. The number of aromatic nitrogens is 2. The topological polar surface area (TPSA) is 88.5 Å². The maximum atomic E-state index is 11.9. The van der Waals surface area contributed by atoms with Crippen molar-refractivity contribution in [3.63, 3.8) is 0 Å². The molecular weight excluding hydrogens is 542 g/mol. The minimum Gasteiger partial charge on any atom is -0.494 e. The van der Waals surface area contributed by atoms with E-state index in [9.17, 15) is 8.42 Å². The lowest BCUT2D eigenvalue weighted by atomic mass is 9.96. The highest BCUT2D eigenvalue weighted by atomic mass is 32.2. The van der Waals surface area contributed by atoms with E-state index in [2.05, 4.69) is 76.5 Å². The van der Waals surface area contributed by atoms with Crippen molar-refractivity contribution in [2.75, 3.05) is 23.0 Å². The molecule has 208 valence electrons. The van der Waals surface area contributed by atoms with Gasteiger partial charge in [0.15, 0.2) is 5.11 Å². The number of nitrogens with zero attached hydrogens (tertiary/aromatic N) is 3. The van der Waals surface area contributed by atoms with E-state index in [4.69, 9.17) is 17.0 Å². The van der Waals surface area contributed by atoms with E-state index in [1.807, 2.05) is 24.3 Å². The van der Waals surface area contributed by atoms with Crippen LogP contribution in [0, 0.1) is 27.7 Å². The number of rotatable bonds is 7. The van der Waals surface area contributed by atoms with Crippen LogP contribution in [0.15, 0.2) is 66.9 Å². The Bertz CT molecular complexity index is 1700. The number of hydrogen-bond acceptors (Lipinski definition) is 5. The molecule has 40 heavy (non-hydrogen) atoms.